The van der Waals surface area contributed by atoms with E-state index in [0.29, 0.717) is 24.5 Å². The summed E-state index contributed by atoms with van der Waals surface area (Å²) in [6.45, 7) is 1.53. The second kappa shape index (κ2) is 9.72. The first-order valence-corrected chi connectivity index (χ1v) is 12.7. The molecule has 0 spiro atoms. The number of amides is 1. The molecule has 162 valence electrons. The summed E-state index contributed by atoms with van der Waals surface area (Å²) in [6.07, 6.45) is 7.10. The highest BCUT2D eigenvalue weighted by molar-refractivity contribution is 7.89. The highest BCUT2D eigenvalue weighted by Gasteiger charge is 2.24. The van der Waals surface area contributed by atoms with E-state index in [1.807, 2.05) is 24.3 Å². The van der Waals surface area contributed by atoms with Crippen LogP contribution in [0, 0.1) is 0 Å². The maximum Gasteiger partial charge on any atom is 0.244 e. The number of para-hydroxylation sites is 1. The maximum atomic E-state index is 12.8. The van der Waals surface area contributed by atoms with Crippen LogP contribution in [-0.4, -0.2) is 36.7 Å². The van der Waals surface area contributed by atoms with E-state index in [-0.39, 0.29) is 5.91 Å². The van der Waals surface area contributed by atoms with Crippen LogP contribution in [0.3, 0.4) is 0 Å². The van der Waals surface area contributed by atoms with Crippen LogP contribution < -0.4 is 5.32 Å². The summed E-state index contributed by atoms with van der Waals surface area (Å²) in [5, 5.41) is 3.69. The number of benzene rings is 2. The van der Waals surface area contributed by atoms with E-state index in [0.717, 1.165) is 46.5 Å². The van der Waals surface area contributed by atoms with Gasteiger partial charge in [0.25, 0.3) is 0 Å². The molecule has 0 unspecified atom stereocenters. The SMILES string of the molecule is O=C(C=Cc1ccc(S(=O)(=O)N2CCCCCC2)cc1)NCc1nc2ccccc2s1. The number of carbonyl (C=O) groups is 1. The lowest BCUT2D eigenvalue weighted by atomic mass is 10.2. The Labute approximate surface area is 186 Å². The van der Waals surface area contributed by atoms with Gasteiger partial charge in [0.05, 0.1) is 21.7 Å². The third-order valence-corrected chi connectivity index (χ3v) is 8.21. The van der Waals surface area contributed by atoms with Gasteiger partial charge in [-0.15, -0.1) is 11.3 Å². The Bertz CT molecular complexity index is 1140. The number of hydrogen-bond donors (Lipinski definition) is 1. The lowest BCUT2D eigenvalue weighted by Crippen LogP contribution is -2.31. The number of hydrogen-bond acceptors (Lipinski definition) is 5. The minimum Gasteiger partial charge on any atom is -0.346 e. The molecule has 1 aliphatic heterocycles. The van der Waals surface area contributed by atoms with Gasteiger partial charge in [0.1, 0.15) is 5.01 Å². The Hall–Kier alpha value is -2.55. The summed E-state index contributed by atoms with van der Waals surface area (Å²) in [5.74, 6) is -0.222. The summed E-state index contributed by atoms with van der Waals surface area (Å²) < 4.78 is 28.4. The highest BCUT2D eigenvalue weighted by atomic mass is 32.2. The average Bonchev–Trinajstić information content (AvgIpc) is 2.99. The first-order valence-electron chi connectivity index (χ1n) is 10.4. The molecule has 1 aromatic heterocycles. The summed E-state index contributed by atoms with van der Waals surface area (Å²) in [5.41, 5.74) is 1.70. The summed E-state index contributed by atoms with van der Waals surface area (Å²) in [6, 6.07) is 14.5. The van der Waals surface area contributed by atoms with Gasteiger partial charge < -0.3 is 5.32 Å². The Morgan fingerprint density at radius 2 is 1.74 bits per heavy atom. The van der Waals surface area contributed by atoms with Crippen molar-refractivity contribution in [3.05, 3.63) is 65.2 Å². The Kier molecular flexibility index (Phi) is 6.80. The molecule has 2 heterocycles. The van der Waals surface area contributed by atoms with Crippen molar-refractivity contribution in [2.24, 2.45) is 0 Å². The number of aromatic nitrogens is 1. The molecule has 1 N–H and O–H groups in total. The summed E-state index contributed by atoms with van der Waals surface area (Å²) in [7, 11) is -3.46. The topological polar surface area (TPSA) is 79.4 Å². The number of rotatable bonds is 6. The van der Waals surface area contributed by atoms with Crippen LogP contribution in [0.1, 0.15) is 36.3 Å². The average molecular weight is 456 g/mol. The molecule has 0 saturated carbocycles. The predicted octanol–water partition coefficient (Wildman–Crippen LogP) is 4.19. The molecule has 1 amide bonds. The zero-order valence-electron chi connectivity index (χ0n) is 17.2. The van der Waals surface area contributed by atoms with Crippen molar-refractivity contribution in [3.63, 3.8) is 0 Å². The molecule has 4 rings (SSSR count). The number of nitrogens with zero attached hydrogens (tertiary/aromatic N) is 2. The van der Waals surface area contributed by atoms with Crippen molar-refractivity contribution >= 4 is 43.6 Å². The highest BCUT2D eigenvalue weighted by Crippen LogP contribution is 2.22. The fourth-order valence-electron chi connectivity index (χ4n) is 3.57. The molecule has 1 aliphatic rings. The van der Waals surface area contributed by atoms with Crippen LogP contribution in [-0.2, 0) is 21.4 Å². The lowest BCUT2D eigenvalue weighted by molar-refractivity contribution is -0.116. The predicted molar refractivity (Wildman–Crippen MR) is 124 cm³/mol. The van der Waals surface area contributed by atoms with Gasteiger partial charge in [0, 0.05) is 19.2 Å². The molecule has 0 aliphatic carbocycles. The van der Waals surface area contributed by atoms with Crippen LogP contribution in [0.2, 0.25) is 0 Å². The van der Waals surface area contributed by atoms with Crippen LogP contribution in [0.25, 0.3) is 16.3 Å². The van der Waals surface area contributed by atoms with Crippen LogP contribution >= 0.6 is 11.3 Å². The zero-order valence-corrected chi connectivity index (χ0v) is 18.8. The number of thiazole rings is 1. The minimum atomic E-state index is -3.46. The van der Waals surface area contributed by atoms with Gasteiger partial charge >= 0.3 is 0 Å². The van der Waals surface area contributed by atoms with Crippen molar-refractivity contribution in [3.8, 4) is 0 Å². The van der Waals surface area contributed by atoms with Crippen molar-refractivity contribution in [1.29, 1.82) is 0 Å². The molecule has 1 fully saturated rings. The molecule has 31 heavy (non-hydrogen) atoms. The second-order valence-corrected chi connectivity index (χ2v) is 10.6. The fraction of sp³-hybridized carbons (Fsp3) is 0.304. The molecule has 0 atom stereocenters. The van der Waals surface area contributed by atoms with Gasteiger partial charge in [-0.25, -0.2) is 13.4 Å². The largest absolute Gasteiger partial charge is 0.346 e. The van der Waals surface area contributed by atoms with E-state index in [1.165, 1.54) is 6.08 Å². The number of carbonyl (C=O) groups excluding carboxylic acids is 1. The smallest absolute Gasteiger partial charge is 0.244 e. The normalized spacial score (nSPS) is 15.9. The molecule has 2 aromatic carbocycles. The summed E-state index contributed by atoms with van der Waals surface area (Å²) >= 11 is 1.56. The monoisotopic (exact) mass is 455 g/mol. The fourth-order valence-corrected chi connectivity index (χ4v) is 6.00. The first kappa shape index (κ1) is 21.7. The Morgan fingerprint density at radius 3 is 2.45 bits per heavy atom. The van der Waals surface area contributed by atoms with Crippen LogP contribution in [0.5, 0.6) is 0 Å². The van der Waals surface area contributed by atoms with E-state index >= 15 is 0 Å². The van der Waals surface area contributed by atoms with Crippen LogP contribution in [0.15, 0.2) is 59.5 Å². The number of fused-ring (bicyclic) bond motifs is 1. The zero-order chi connectivity index (χ0) is 21.7. The molecule has 6 nitrogen and oxygen atoms in total. The maximum absolute atomic E-state index is 12.8. The van der Waals surface area contributed by atoms with E-state index in [1.54, 1.807) is 46.0 Å². The molecule has 1 saturated heterocycles. The molecular weight excluding hydrogens is 430 g/mol. The van der Waals surface area contributed by atoms with Crippen molar-refractivity contribution in [2.45, 2.75) is 37.1 Å². The third kappa shape index (κ3) is 5.39. The first-order chi connectivity index (χ1) is 15.0. The number of nitrogens with one attached hydrogen (secondary N) is 1. The summed E-state index contributed by atoms with van der Waals surface area (Å²) in [4.78, 5) is 16.9. The Morgan fingerprint density at radius 1 is 1.03 bits per heavy atom. The second-order valence-electron chi connectivity index (χ2n) is 7.51. The lowest BCUT2D eigenvalue weighted by Gasteiger charge is -2.19. The van der Waals surface area contributed by atoms with Gasteiger partial charge in [-0.2, -0.15) is 4.31 Å². The Balaban J connectivity index is 1.34. The van der Waals surface area contributed by atoms with Gasteiger partial charge in [-0.3, -0.25) is 4.79 Å². The quantitative estimate of drug-likeness (QED) is 0.565. The third-order valence-electron chi connectivity index (χ3n) is 5.26. The van der Waals surface area contributed by atoms with Gasteiger partial charge in [-0.1, -0.05) is 37.1 Å². The van der Waals surface area contributed by atoms with Gasteiger partial charge in [0.15, 0.2) is 0 Å². The minimum absolute atomic E-state index is 0.222. The van der Waals surface area contributed by atoms with E-state index < -0.39 is 10.0 Å². The van der Waals surface area contributed by atoms with Gasteiger partial charge in [-0.05, 0) is 48.7 Å². The van der Waals surface area contributed by atoms with Crippen molar-refractivity contribution in [1.82, 2.24) is 14.6 Å². The molecular formula is C23H25N3O3S2. The van der Waals surface area contributed by atoms with Crippen molar-refractivity contribution < 1.29 is 13.2 Å². The standard InChI is InChI=1S/C23H25N3O3S2/c27-22(24-17-23-25-20-7-3-4-8-21(20)30-23)14-11-18-9-12-19(13-10-18)31(28,29)26-15-5-1-2-6-16-26/h3-4,7-14H,1-2,5-6,15-17H2,(H,24,27). The van der Waals surface area contributed by atoms with E-state index in [2.05, 4.69) is 10.3 Å². The molecule has 8 heteroatoms. The number of sulfonamides is 1. The van der Waals surface area contributed by atoms with E-state index in [4.69, 9.17) is 0 Å². The molecule has 0 bridgehead atoms. The van der Waals surface area contributed by atoms with Crippen LogP contribution in [0.4, 0.5) is 0 Å². The van der Waals surface area contributed by atoms with Crippen molar-refractivity contribution in [2.75, 3.05) is 13.1 Å². The van der Waals surface area contributed by atoms with Gasteiger partial charge in [0.2, 0.25) is 15.9 Å². The molecule has 3 aromatic rings. The van der Waals surface area contributed by atoms with E-state index in [9.17, 15) is 13.2 Å². The molecule has 0 radical (unpaired) electrons.